The Bertz CT molecular complexity index is 1450. The number of anilines is 1. The topological polar surface area (TPSA) is 83.7 Å². The molecule has 7 nitrogen and oxygen atoms in total. The first kappa shape index (κ1) is 23.9. The van der Waals surface area contributed by atoms with E-state index in [1.807, 2.05) is 12.1 Å². The number of amides is 1. The molecule has 2 aromatic heterocycles. The molecule has 1 aliphatic rings. The predicted octanol–water partition coefficient (Wildman–Crippen LogP) is 5.32. The molecular weight excluding hydrogens is 513 g/mol. The Morgan fingerprint density at radius 3 is 2.60 bits per heavy atom. The molecule has 4 aromatic rings. The molecule has 11 heteroatoms. The van der Waals surface area contributed by atoms with Crippen LogP contribution in [0.3, 0.4) is 0 Å². The number of sulfonamides is 1. The number of hydrogen-bond donors (Lipinski definition) is 0. The van der Waals surface area contributed by atoms with Crippen LogP contribution in [-0.2, 0) is 21.4 Å². The van der Waals surface area contributed by atoms with Gasteiger partial charge in [0, 0.05) is 24.0 Å². The maximum absolute atomic E-state index is 13.6. The number of furan rings is 1. The van der Waals surface area contributed by atoms with Gasteiger partial charge < -0.3 is 4.42 Å². The number of carbonyl (C=O) groups excluding carboxylic acids is 1. The number of benzene rings is 2. The highest BCUT2D eigenvalue weighted by molar-refractivity contribution is 7.89. The summed E-state index contributed by atoms with van der Waals surface area (Å²) in [5, 5.41) is 1.12. The standard InChI is InChI=1S/C24H21ClFN3O4S2/c25-17-3-8-21-22(14-17)34-24(27-21)29(15-19-2-1-13-33-19)23(30)16-9-11-28(12-10-16)35(31,32)20-6-4-18(26)5-7-20/h1-8,13-14,16H,9-12,15H2. The molecule has 1 amide bonds. The first-order chi connectivity index (χ1) is 16.8. The van der Waals surface area contributed by atoms with Crippen molar-refractivity contribution in [2.24, 2.45) is 5.92 Å². The van der Waals surface area contributed by atoms with Crippen LogP contribution in [0.25, 0.3) is 10.2 Å². The predicted molar refractivity (Wildman–Crippen MR) is 132 cm³/mol. The average Bonchev–Trinajstić information content (AvgIpc) is 3.52. The van der Waals surface area contributed by atoms with Crippen LogP contribution in [0.15, 0.2) is 70.2 Å². The van der Waals surface area contributed by atoms with Gasteiger partial charge in [-0.2, -0.15) is 4.31 Å². The molecule has 35 heavy (non-hydrogen) atoms. The molecule has 0 unspecified atom stereocenters. The minimum atomic E-state index is -3.76. The summed E-state index contributed by atoms with van der Waals surface area (Å²) in [5.74, 6) is -0.389. The molecule has 2 aromatic carbocycles. The maximum Gasteiger partial charge on any atom is 0.243 e. The van der Waals surface area contributed by atoms with Crippen molar-refractivity contribution in [3.63, 3.8) is 0 Å². The van der Waals surface area contributed by atoms with Crippen LogP contribution in [0.4, 0.5) is 9.52 Å². The smallest absolute Gasteiger partial charge is 0.243 e. The zero-order valence-electron chi connectivity index (χ0n) is 18.4. The third-order valence-electron chi connectivity index (χ3n) is 5.98. The van der Waals surface area contributed by atoms with E-state index in [4.69, 9.17) is 16.0 Å². The third kappa shape index (κ3) is 4.97. The van der Waals surface area contributed by atoms with Crippen molar-refractivity contribution in [2.45, 2.75) is 24.3 Å². The Balaban J connectivity index is 1.35. The second kappa shape index (κ2) is 9.69. The number of nitrogens with zero attached hydrogens (tertiary/aromatic N) is 3. The van der Waals surface area contributed by atoms with Crippen molar-refractivity contribution >= 4 is 54.2 Å². The highest BCUT2D eigenvalue weighted by Gasteiger charge is 2.35. The molecule has 0 bridgehead atoms. The normalized spacial score (nSPS) is 15.5. The Morgan fingerprint density at radius 2 is 1.91 bits per heavy atom. The van der Waals surface area contributed by atoms with Gasteiger partial charge in [-0.15, -0.1) is 0 Å². The third-order valence-corrected chi connectivity index (χ3v) is 9.17. The van der Waals surface area contributed by atoms with Gasteiger partial charge in [0.1, 0.15) is 11.6 Å². The second-order valence-electron chi connectivity index (χ2n) is 8.24. The van der Waals surface area contributed by atoms with Gasteiger partial charge in [0.15, 0.2) is 5.13 Å². The lowest BCUT2D eigenvalue weighted by Gasteiger charge is -2.32. The van der Waals surface area contributed by atoms with E-state index in [0.29, 0.717) is 28.8 Å². The minimum Gasteiger partial charge on any atom is -0.467 e. The van der Waals surface area contributed by atoms with E-state index in [2.05, 4.69) is 4.98 Å². The fourth-order valence-corrected chi connectivity index (χ4v) is 6.84. The SMILES string of the molecule is O=C(C1CCN(S(=O)(=O)c2ccc(F)cc2)CC1)N(Cc1ccco1)c1nc2ccc(Cl)cc2s1. The van der Waals surface area contributed by atoms with Gasteiger partial charge in [0.2, 0.25) is 15.9 Å². The van der Waals surface area contributed by atoms with Gasteiger partial charge in [0.25, 0.3) is 0 Å². The highest BCUT2D eigenvalue weighted by Crippen LogP contribution is 2.34. The summed E-state index contributed by atoms with van der Waals surface area (Å²) >= 11 is 7.49. The molecule has 3 heterocycles. The number of fused-ring (bicyclic) bond motifs is 1. The number of piperidine rings is 1. The van der Waals surface area contributed by atoms with E-state index in [0.717, 1.165) is 22.3 Å². The Morgan fingerprint density at radius 1 is 1.17 bits per heavy atom. The van der Waals surface area contributed by atoms with Crippen LogP contribution < -0.4 is 4.90 Å². The molecule has 5 rings (SSSR count). The van der Waals surface area contributed by atoms with Crippen LogP contribution in [0.5, 0.6) is 0 Å². The lowest BCUT2D eigenvalue weighted by atomic mass is 9.96. The largest absolute Gasteiger partial charge is 0.467 e. The van der Waals surface area contributed by atoms with Gasteiger partial charge in [-0.25, -0.2) is 17.8 Å². The summed E-state index contributed by atoms with van der Waals surface area (Å²) in [7, 11) is -3.76. The number of halogens is 2. The lowest BCUT2D eigenvalue weighted by Crippen LogP contribution is -2.44. The summed E-state index contributed by atoms with van der Waals surface area (Å²) in [6, 6.07) is 13.7. The van der Waals surface area contributed by atoms with Gasteiger partial charge in [-0.05, 0) is 67.4 Å². The van der Waals surface area contributed by atoms with E-state index >= 15 is 0 Å². The molecule has 1 aliphatic heterocycles. The van der Waals surface area contributed by atoms with Crippen LogP contribution in [0.2, 0.25) is 5.02 Å². The summed E-state index contributed by atoms with van der Waals surface area (Å²) in [5.41, 5.74) is 0.742. The number of carbonyl (C=O) groups is 1. The molecule has 0 atom stereocenters. The molecule has 0 saturated carbocycles. The molecule has 1 saturated heterocycles. The number of aromatic nitrogens is 1. The Labute approximate surface area is 210 Å². The molecule has 0 spiro atoms. The van der Waals surface area contributed by atoms with Crippen molar-refractivity contribution in [1.82, 2.24) is 9.29 Å². The molecule has 182 valence electrons. The van der Waals surface area contributed by atoms with Crippen LogP contribution in [-0.4, -0.2) is 36.7 Å². The van der Waals surface area contributed by atoms with Crippen molar-refractivity contribution in [1.29, 1.82) is 0 Å². The minimum absolute atomic E-state index is 0.0382. The summed E-state index contributed by atoms with van der Waals surface area (Å²) in [6.45, 7) is 0.605. The van der Waals surface area contributed by atoms with Crippen molar-refractivity contribution < 1.29 is 22.0 Å². The summed E-state index contributed by atoms with van der Waals surface area (Å²) < 4.78 is 46.8. The first-order valence-corrected chi connectivity index (χ1v) is 13.6. The van der Waals surface area contributed by atoms with Gasteiger partial charge in [-0.3, -0.25) is 9.69 Å². The van der Waals surface area contributed by atoms with Gasteiger partial charge in [0.05, 0.1) is 27.9 Å². The van der Waals surface area contributed by atoms with E-state index in [9.17, 15) is 17.6 Å². The van der Waals surface area contributed by atoms with Crippen LogP contribution >= 0.6 is 22.9 Å². The van der Waals surface area contributed by atoms with E-state index in [-0.39, 0.29) is 36.4 Å². The van der Waals surface area contributed by atoms with Crippen molar-refractivity contribution in [2.75, 3.05) is 18.0 Å². The average molecular weight is 534 g/mol. The molecule has 1 fully saturated rings. The fraction of sp³-hybridized carbons (Fsp3) is 0.250. The number of rotatable bonds is 6. The van der Waals surface area contributed by atoms with Crippen LogP contribution in [0.1, 0.15) is 18.6 Å². The van der Waals surface area contributed by atoms with Gasteiger partial charge in [-0.1, -0.05) is 22.9 Å². The quantitative estimate of drug-likeness (QED) is 0.335. The monoisotopic (exact) mass is 533 g/mol. The molecular formula is C24H21ClFN3O4S2. The molecule has 0 radical (unpaired) electrons. The first-order valence-electron chi connectivity index (χ1n) is 11.0. The van der Waals surface area contributed by atoms with E-state index in [1.54, 1.807) is 29.4 Å². The second-order valence-corrected chi connectivity index (χ2v) is 11.6. The molecule has 0 aliphatic carbocycles. The maximum atomic E-state index is 13.6. The fourth-order valence-electron chi connectivity index (χ4n) is 4.12. The summed E-state index contributed by atoms with van der Waals surface area (Å²) in [6.07, 6.45) is 2.28. The lowest BCUT2D eigenvalue weighted by molar-refractivity contribution is -0.123. The number of thiazole rings is 1. The van der Waals surface area contributed by atoms with Gasteiger partial charge >= 0.3 is 0 Å². The summed E-state index contributed by atoms with van der Waals surface area (Å²) in [4.78, 5) is 19.9. The van der Waals surface area contributed by atoms with Crippen LogP contribution in [0, 0.1) is 11.7 Å². The number of hydrogen-bond acceptors (Lipinski definition) is 6. The van der Waals surface area contributed by atoms with Crippen molar-refractivity contribution in [3.8, 4) is 0 Å². The zero-order valence-corrected chi connectivity index (χ0v) is 20.8. The Kier molecular flexibility index (Phi) is 6.63. The highest BCUT2D eigenvalue weighted by atomic mass is 35.5. The Hall–Kier alpha value is -2.79. The molecule has 0 N–H and O–H groups in total. The zero-order chi connectivity index (χ0) is 24.6. The van der Waals surface area contributed by atoms with E-state index < -0.39 is 15.8 Å². The van der Waals surface area contributed by atoms with E-state index in [1.165, 1.54) is 27.8 Å². The van der Waals surface area contributed by atoms with Crippen molar-refractivity contribution in [3.05, 3.63) is 77.5 Å².